The van der Waals surface area contributed by atoms with Crippen LogP contribution in [0.15, 0.2) is 17.1 Å². The maximum absolute atomic E-state index is 12.1. The van der Waals surface area contributed by atoms with E-state index < -0.39 is 5.91 Å². The molecule has 0 fully saturated rings. The molecule has 2 aromatic rings. The Labute approximate surface area is 132 Å². The van der Waals surface area contributed by atoms with Gasteiger partial charge in [-0.15, -0.1) is 11.3 Å². The third kappa shape index (κ3) is 1.91. The van der Waals surface area contributed by atoms with Gasteiger partial charge in [-0.2, -0.15) is 0 Å². The molecule has 0 unspecified atom stereocenters. The van der Waals surface area contributed by atoms with Crippen LogP contribution < -0.4 is 10.6 Å². The summed E-state index contributed by atoms with van der Waals surface area (Å²) in [6.45, 7) is 0. The van der Waals surface area contributed by atoms with Crippen LogP contribution in [0.1, 0.15) is 4.88 Å². The summed E-state index contributed by atoms with van der Waals surface area (Å²) >= 11 is 18.3. The van der Waals surface area contributed by atoms with Crippen LogP contribution >= 0.6 is 46.8 Å². The Balaban J connectivity index is 2.49. The Bertz CT molecular complexity index is 944. The first-order valence-corrected chi connectivity index (χ1v) is 7.40. The van der Waals surface area contributed by atoms with Gasteiger partial charge in [0.25, 0.3) is 5.91 Å². The van der Waals surface area contributed by atoms with Gasteiger partial charge in [0.1, 0.15) is 4.88 Å². The Morgan fingerprint density at radius 1 is 1.40 bits per heavy atom. The number of halogens is 2. The molecule has 1 amide bonds. The number of thiazole rings is 1. The van der Waals surface area contributed by atoms with E-state index in [2.05, 4.69) is 4.99 Å². The van der Waals surface area contributed by atoms with Crippen molar-refractivity contribution in [3.63, 3.8) is 0 Å². The zero-order valence-corrected chi connectivity index (χ0v) is 13.1. The number of aromatic nitrogens is 1. The largest absolute Gasteiger partial charge is 0.493 e. The fraction of sp³-hybridized carbons (Fsp3) is 0.0833. The van der Waals surface area contributed by atoms with Crippen LogP contribution in [0.2, 0.25) is 10.0 Å². The van der Waals surface area contributed by atoms with Gasteiger partial charge in [-0.1, -0.05) is 23.2 Å². The van der Waals surface area contributed by atoms with Gasteiger partial charge >= 0.3 is 0 Å². The van der Waals surface area contributed by atoms with Crippen molar-refractivity contribution in [1.82, 2.24) is 4.57 Å². The van der Waals surface area contributed by atoms with E-state index in [1.807, 2.05) is 0 Å². The maximum Gasteiger partial charge on any atom is 0.279 e. The third-order valence-corrected chi connectivity index (χ3v) is 5.01. The molecule has 4 nitrogen and oxygen atoms in total. The topological polar surface area (TPSA) is 54.6 Å². The first-order chi connectivity index (χ1) is 9.40. The lowest BCUT2D eigenvalue weighted by Crippen LogP contribution is -2.24. The molecule has 0 spiro atoms. The van der Waals surface area contributed by atoms with Gasteiger partial charge in [-0.05, 0) is 24.4 Å². The molecule has 8 heteroatoms. The number of rotatable bonds is 1. The summed E-state index contributed by atoms with van der Waals surface area (Å²) < 4.78 is 1.89. The number of aromatic hydroxyl groups is 1. The van der Waals surface area contributed by atoms with E-state index in [1.54, 1.807) is 13.1 Å². The molecule has 20 heavy (non-hydrogen) atoms. The molecule has 1 aliphatic rings. The molecule has 0 bridgehead atoms. The number of fused-ring (bicyclic) bond motifs is 1. The molecular formula is C12H6Cl2N2O2S2. The summed E-state index contributed by atoms with van der Waals surface area (Å²) in [4.78, 5) is 16.4. The van der Waals surface area contributed by atoms with Crippen molar-refractivity contribution in [3.8, 4) is 5.88 Å². The average Bonchev–Trinajstić information content (AvgIpc) is 2.82. The summed E-state index contributed by atoms with van der Waals surface area (Å²) in [7, 11) is 1.63. The van der Waals surface area contributed by atoms with Crippen molar-refractivity contribution in [2.45, 2.75) is 0 Å². The summed E-state index contributed by atoms with van der Waals surface area (Å²) in [5.74, 6) is -0.529. The zero-order chi connectivity index (χ0) is 14.6. The van der Waals surface area contributed by atoms with Crippen LogP contribution in [-0.4, -0.2) is 15.6 Å². The summed E-state index contributed by atoms with van der Waals surface area (Å²) in [6.07, 6.45) is 0. The lowest BCUT2D eigenvalue weighted by molar-refractivity contribution is -0.112. The molecule has 1 N–H and O–H groups in total. The second kappa shape index (κ2) is 4.66. The molecule has 0 aliphatic carbocycles. The van der Waals surface area contributed by atoms with Crippen LogP contribution in [0.5, 0.6) is 5.88 Å². The minimum Gasteiger partial charge on any atom is -0.493 e. The zero-order valence-electron chi connectivity index (χ0n) is 9.98. The van der Waals surface area contributed by atoms with Crippen molar-refractivity contribution < 1.29 is 9.90 Å². The second-order valence-corrected chi connectivity index (χ2v) is 6.64. The standard InChI is InChI=1S/C12H6Cl2N2O2S2/c1-16-11(18)9(20-12(16)19)7-5-2-4(13)3-6(14)8(5)15-10(7)17/h2-3,18H,1H3. The number of amides is 1. The number of carbonyl (C=O) groups excluding carboxylic acids is 1. The molecule has 0 atom stereocenters. The number of nitrogens with zero attached hydrogens (tertiary/aromatic N) is 2. The monoisotopic (exact) mass is 344 g/mol. The smallest absolute Gasteiger partial charge is 0.279 e. The van der Waals surface area contributed by atoms with E-state index in [0.29, 0.717) is 29.5 Å². The van der Waals surface area contributed by atoms with Gasteiger partial charge in [-0.3, -0.25) is 9.36 Å². The van der Waals surface area contributed by atoms with Crippen LogP contribution in [0, 0.1) is 3.95 Å². The Morgan fingerprint density at radius 3 is 2.70 bits per heavy atom. The average molecular weight is 345 g/mol. The highest BCUT2D eigenvalue weighted by Gasteiger charge is 2.25. The molecule has 102 valence electrons. The van der Waals surface area contributed by atoms with Crippen LogP contribution in [-0.2, 0) is 11.8 Å². The van der Waals surface area contributed by atoms with Crippen molar-refractivity contribution in [2.24, 2.45) is 12.0 Å². The second-order valence-electron chi connectivity index (χ2n) is 4.16. The fourth-order valence-electron chi connectivity index (χ4n) is 1.97. The SMILES string of the molecule is Cn1c(O)c(C2=c3cc(Cl)cc(Cl)c3=NC2=O)sc1=S. The summed E-state index contributed by atoms with van der Waals surface area (Å²) in [6, 6.07) is 3.13. The fourth-order valence-corrected chi connectivity index (χ4v) is 3.76. The van der Waals surface area contributed by atoms with Crippen molar-refractivity contribution in [2.75, 3.05) is 0 Å². The maximum atomic E-state index is 12.1. The van der Waals surface area contributed by atoms with E-state index in [4.69, 9.17) is 35.4 Å². The first kappa shape index (κ1) is 13.8. The normalized spacial score (nSPS) is 13.6. The van der Waals surface area contributed by atoms with Gasteiger partial charge in [0, 0.05) is 17.3 Å². The summed E-state index contributed by atoms with van der Waals surface area (Å²) in [5, 5.41) is 11.7. The molecule has 0 radical (unpaired) electrons. The van der Waals surface area contributed by atoms with E-state index in [1.165, 1.54) is 10.6 Å². The third-order valence-electron chi connectivity index (χ3n) is 2.94. The minimum atomic E-state index is -0.462. The number of benzene rings is 1. The first-order valence-electron chi connectivity index (χ1n) is 5.41. The lowest BCUT2D eigenvalue weighted by atomic mass is 10.1. The number of hydrogen-bond donors (Lipinski definition) is 1. The molecule has 0 saturated heterocycles. The quantitative estimate of drug-likeness (QED) is 0.806. The Morgan fingerprint density at radius 2 is 2.10 bits per heavy atom. The Kier molecular flexibility index (Phi) is 3.21. The minimum absolute atomic E-state index is 0.0671. The molecule has 2 heterocycles. The van der Waals surface area contributed by atoms with Crippen LogP contribution in [0.25, 0.3) is 5.57 Å². The Hall–Kier alpha value is -1.21. The number of hydrogen-bond acceptors (Lipinski definition) is 4. The van der Waals surface area contributed by atoms with Gasteiger partial charge < -0.3 is 5.11 Å². The molecule has 1 aliphatic heterocycles. The van der Waals surface area contributed by atoms with Crippen molar-refractivity contribution in [1.29, 1.82) is 0 Å². The predicted molar refractivity (Wildman–Crippen MR) is 80.5 cm³/mol. The molecule has 1 aromatic heterocycles. The lowest BCUT2D eigenvalue weighted by Gasteiger charge is -1.99. The van der Waals surface area contributed by atoms with Crippen LogP contribution in [0.4, 0.5) is 0 Å². The van der Waals surface area contributed by atoms with Gasteiger partial charge in [-0.25, -0.2) is 4.99 Å². The van der Waals surface area contributed by atoms with E-state index in [9.17, 15) is 9.90 Å². The highest BCUT2D eigenvalue weighted by Crippen LogP contribution is 2.31. The highest BCUT2D eigenvalue weighted by atomic mass is 35.5. The van der Waals surface area contributed by atoms with Crippen molar-refractivity contribution in [3.05, 3.63) is 41.6 Å². The molecule has 1 aromatic carbocycles. The van der Waals surface area contributed by atoms with Crippen LogP contribution in [0.3, 0.4) is 0 Å². The molecular weight excluding hydrogens is 339 g/mol. The van der Waals surface area contributed by atoms with Gasteiger partial charge in [0.15, 0.2) is 3.95 Å². The van der Waals surface area contributed by atoms with Gasteiger partial charge in [0.05, 0.1) is 16.0 Å². The summed E-state index contributed by atoms with van der Waals surface area (Å²) in [5.41, 5.74) is 0.276. The van der Waals surface area contributed by atoms with E-state index in [-0.39, 0.29) is 11.5 Å². The van der Waals surface area contributed by atoms with E-state index >= 15 is 0 Å². The van der Waals surface area contributed by atoms with Gasteiger partial charge in [0.2, 0.25) is 5.88 Å². The van der Waals surface area contributed by atoms with Crippen molar-refractivity contribution >= 4 is 58.2 Å². The predicted octanol–water partition coefficient (Wildman–Crippen LogP) is 2.19. The highest BCUT2D eigenvalue weighted by molar-refractivity contribution is 7.73. The number of carbonyl (C=O) groups is 1. The van der Waals surface area contributed by atoms with E-state index in [0.717, 1.165) is 11.3 Å². The molecule has 0 saturated carbocycles. The molecule has 3 rings (SSSR count).